The summed E-state index contributed by atoms with van der Waals surface area (Å²) in [6.07, 6.45) is -2.83. The number of hydrogen-bond donors (Lipinski definition) is 1. The van der Waals surface area contributed by atoms with E-state index in [0.717, 1.165) is 24.7 Å². The number of aromatic nitrogens is 7. The summed E-state index contributed by atoms with van der Waals surface area (Å²) < 4.78 is 65.7. The highest BCUT2D eigenvalue weighted by molar-refractivity contribution is 5.80. The molecule has 3 atom stereocenters. The molecule has 4 aromatic rings. The van der Waals surface area contributed by atoms with Crippen LogP contribution in [0.3, 0.4) is 0 Å². The Morgan fingerprint density at radius 2 is 1.76 bits per heavy atom. The topological polar surface area (TPSA) is 126 Å². The predicted octanol–water partition coefficient (Wildman–Crippen LogP) is 4.40. The SMILES string of the molecule is CC(c1ccc(C(F)(F)F)nc1)n1nc(C#N)c2c(=O)[nH]c([C@@H]3CC[C@H]3c3ncc(C(F)F)cn3)nc21. The molecular weight excluding hydrogens is 499 g/mol. The van der Waals surface area contributed by atoms with Gasteiger partial charge in [-0.1, -0.05) is 6.07 Å². The quantitative estimate of drug-likeness (QED) is 0.390. The number of fused-ring (bicyclic) bond motifs is 1. The zero-order valence-corrected chi connectivity index (χ0v) is 19.0. The number of nitrogens with zero attached hydrogens (tertiary/aromatic N) is 7. The lowest BCUT2D eigenvalue weighted by atomic mass is 9.72. The molecule has 0 aromatic carbocycles. The molecule has 0 spiro atoms. The Bertz CT molecular complexity index is 1550. The van der Waals surface area contributed by atoms with Gasteiger partial charge in [-0.15, -0.1) is 0 Å². The first-order valence-corrected chi connectivity index (χ1v) is 11.1. The molecular formula is C23H17F5N8O. The van der Waals surface area contributed by atoms with E-state index in [0.29, 0.717) is 30.1 Å². The molecule has 0 radical (unpaired) electrons. The zero-order chi connectivity index (χ0) is 26.5. The van der Waals surface area contributed by atoms with Gasteiger partial charge in [0.2, 0.25) is 0 Å². The Kier molecular flexibility index (Phi) is 5.93. The van der Waals surface area contributed by atoms with Crippen molar-refractivity contribution in [1.82, 2.24) is 34.7 Å². The Morgan fingerprint density at radius 1 is 1.08 bits per heavy atom. The van der Waals surface area contributed by atoms with E-state index in [-0.39, 0.29) is 34.1 Å². The Hall–Kier alpha value is -4.28. The average molecular weight is 516 g/mol. The van der Waals surface area contributed by atoms with Crippen LogP contribution in [0.15, 0.2) is 35.5 Å². The number of aromatic amines is 1. The van der Waals surface area contributed by atoms with Gasteiger partial charge >= 0.3 is 6.18 Å². The minimum Gasteiger partial charge on any atom is -0.310 e. The first-order valence-electron chi connectivity index (χ1n) is 11.1. The van der Waals surface area contributed by atoms with Gasteiger partial charge in [-0.2, -0.15) is 23.5 Å². The van der Waals surface area contributed by atoms with Gasteiger partial charge < -0.3 is 4.98 Å². The third kappa shape index (κ3) is 4.30. The summed E-state index contributed by atoms with van der Waals surface area (Å²) in [4.78, 5) is 31.8. The van der Waals surface area contributed by atoms with Crippen LogP contribution in [0, 0.1) is 11.3 Å². The Morgan fingerprint density at radius 3 is 2.30 bits per heavy atom. The summed E-state index contributed by atoms with van der Waals surface area (Å²) in [6.45, 7) is 1.63. The molecule has 9 nitrogen and oxygen atoms in total. The van der Waals surface area contributed by atoms with Crippen molar-refractivity contribution >= 4 is 11.0 Å². The summed E-state index contributed by atoms with van der Waals surface area (Å²) in [5, 5.41) is 13.7. The van der Waals surface area contributed by atoms with Crippen molar-refractivity contribution in [2.24, 2.45) is 0 Å². The molecule has 5 rings (SSSR count). The minimum absolute atomic E-state index is 0.0496. The van der Waals surface area contributed by atoms with Crippen LogP contribution in [0.1, 0.15) is 78.2 Å². The van der Waals surface area contributed by atoms with Crippen molar-refractivity contribution < 1.29 is 22.0 Å². The van der Waals surface area contributed by atoms with Crippen molar-refractivity contribution in [2.45, 2.75) is 50.2 Å². The summed E-state index contributed by atoms with van der Waals surface area (Å²) in [5.41, 5.74) is -1.68. The first kappa shape index (κ1) is 24.4. The molecule has 1 saturated carbocycles. The van der Waals surface area contributed by atoms with Crippen molar-refractivity contribution in [3.63, 3.8) is 0 Å². The Balaban J connectivity index is 1.53. The highest BCUT2D eigenvalue weighted by atomic mass is 19.4. The van der Waals surface area contributed by atoms with E-state index < -0.39 is 29.9 Å². The number of rotatable bonds is 5. The molecule has 1 fully saturated rings. The number of nitrogens with one attached hydrogen (secondary N) is 1. The molecule has 37 heavy (non-hydrogen) atoms. The third-order valence-electron chi connectivity index (χ3n) is 6.51. The fourth-order valence-corrected chi connectivity index (χ4v) is 4.34. The van der Waals surface area contributed by atoms with Crippen LogP contribution in [-0.4, -0.2) is 34.7 Å². The van der Waals surface area contributed by atoms with Gasteiger partial charge in [-0.05, 0) is 31.4 Å². The van der Waals surface area contributed by atoms with Crippen molar-refractivity contribution in [3.05, 3.63) is 75.2 Å². The van der Waals surface area contributed by atoms with Crippen molar-refractivity contribution in [2.75, 3.05) is 0 Å². The van der Waals surface area contributed by atoms with E-state index in [1.54, 1.807) is 6.92 Å². The molecule has 1 aliphatic carbocycles. The van der Waals surface area contributed by atoms with Gasteiger partial charge in [-0.3, -0.25) is 9.78 Å². The lowest BCUT2D eigenvalue weighted by Crippen LogP contribution is -2.28. The summed E-state index contributed by atoms with van der Waals surface area (Å²) in [6, 6.07) is 3.24. The predicted molar refractivity (Wildman–Crippen MR) is 118 cm³/mol. The zero-order valence-electron chi connectivity index (χ0n) is 19.0. The summed E-state index contributed by atoms with van der Waals surface area (Å²) in [5.74, 6) is 0.0552. The second-order valence-corrected chi connectivity index (χ2v) is 8.67. The molecule has 4 aromatic heterocycles. The molecule has 0 bridgehead atoms. The molecule has 0 amide bonds. The number of alkyl halides is 5. The highest BCUT2D eigenvalue weighted by Gasteiger charge is 2.38. The van der Waals surface area contributed by atoms with Gasteiger partial charge in [0.15, 0.2) is 11.3 Å². The van der Waals surface area contributed by atoms with E-state index in [4.69, 9.17) is 0 Å². The summed E-state index contributed by atoms with van der Waals surface area (Å²) >= 11 is 0. The molecule has 4 heterocycles. The maximum Gasteiger partial charge on any atom is 0.433 e. The largest absolute Gasteiger partial charge is 0.433 e. The lowest BCUT2D eigenvalue weighted by Gasteiger charge is -2.34. The summed E-state index contributed by atoms with van der Waals surface area (Å²) in [7, 11) is 0. The molecule has 14 heteroatoms. The normalized spacial score (nSPS) is 18.5. The molecule has 190 valence electrons. The number of pyridine rings is 1. The average Bonchev–Trinajstić information content (AvgIpc) is 3.22. The fourth-order valence-electron chi connectivity index (χ4n) is 4.34. The van der Waals surface area contributed by atoms with Crippen LogP contribution in [0.5, 0.6) is 0 Å². The molecule has 1 unspecified atom stereocenters. The van der Waals surface area contributed by atoms with E-state index in [1.165, 1.54) is 10.7 Å². The van der Waals surface area contributed by atoms with Crippen LogP contribution in [0.25, 0.3) is 11.0 Å². The van der Waals surface area contributed by atoms with Crippen LogP contribution in [-0.2, 0) is 6.18 Å². The monoisotopic (exact) mass is 516 g/mol. The van der Waals surface area contributed by atoms with Gasteiger partial charge in [0.25, 0.3) is 12.0 Å². The standard InChI is InChI=1S/C23H17F5N8O/c1-10(11-2-5-16(30-7-11)23(26,27)28)36-21-17(15(6-29)35-36)22(37)34-20(33-21)14-4-3-13(14)19-31-8-12(9-32-19)18(24)25/h2,5,7-10,13-14,18H,3-4H2,1H3,(H,33,34,37)/t10?,13-,14-/m1/s1. The van der Waals surface area contributed by atoms with E-state index >= 15 is 0 Å². The maximum absolute atomic E-state index is 13.0. The molecule has 1 N–H and O–H groups in total. The van der Waals surface area contributed by atoms with Gasteiger partial charge in [0, 0.05) is 30.4 Å². The fraction of sp³-hybridized carbons (Fsp3) is 0.348. The van der Waals surface area contributed by atoms with Crippen LogP contribution in [0.4, 0.5) is 22.0 Å². The number of halogens is 5. The first-order chi connectivity index (χ1) is 17.6. The van der Waals surface area contributed by atoms with Gasteiger partial charge in [0.05, 0.1) is 11.6 Å². The van der Waals surface area contributed by atoms with Crippen LogP contribution < -0.4 is 5.56 Å². The van der Waals surface area contributed by atoms with Gasteiger partial charge in [-0.25, -0.2) is 28.4 Å². The smallest absolute Gasteiger partial charge is 0.310 e. The second-order valence-electron chi connectivity index (χ2n) is 8.67. The Labute approximate surface area is 205 Å². The molecule has 0 aliphatic heterocycles. The van der Waals surface area contributed by atoms with Crippen LogP contribution in [0.2, 0.25) is 0 Å². The van der Waals surface area contributed by atoms with E-state index in [1.807, 2.05) is 6.07 Å². The van der Waals surface area contributed by atoms with E-state index in [9.17, 15) is 32.0 Å². The van der Waals surface area contributed by atoms with Gasteiger partial charge in [0.1, 0.15) is 28.8 Å². The van der Waals surface area contributed by atoms with Crippen LogP contribution >= 0.6 is 0 Å². The van der Waals surface area contributed by atoms with E-state index in [2.05, 4.69) is 30.0 Å². The third-order valence-corrected chi connectivity index (χ3v) is 6.51. The van der Waals surface area contributed by atoms with Crippen molar-refractivity contribution in [3.8, 4) is 6.07 Å². The second kappa shape index (κ2) is 8.99. The maximum atomic E-state index is 13.0. The number of hydrogen-bond acceptors (Lipinski definition) is 7. The molecule has 1 aliphatic rings. The number of nitriles is 1. The number of H-pyrrole nitrogens is 1. The van der Waals surface area contributed by atoms with Crippen molar-refractivity contribution in [1.29, 1.82) is 5.26 Å². The lowest BCUT2D eigenvalue weighted by molar-refractivity contribution is -0.141. The molecule has 0 saturated heterocycles. The minimum atomic E-state index is -4.60. The highest BCUT2D eigenvalue weighted by Crippen LogP contribution is 2.46.